The van der Waals surface area contributed by atoms with Gasteiger partial charge >= 0.3 is 0 Å². The number of nitrogens with two attached hydrogens (primary N) is 1. The number of carbonyl (C=O) groups excluding carboxylic acids is 2. The lowest BCUT2D eigenvalue weighted by atomic mass is 10.2. The number of hydroxylamine groups is 1. The van der Waals surface area contributed by atoms with Crippen LogP contribution in [0.4, 0.5) is 0 Å². The second kappa shape index (κ2) is 5.94. The standard InChI is InChI=1S/C8H15N3O3S/c1-15-3-2-5(9)7(12)10-6-4-14-11-8(6)13/h5-6H,2-4,9H2,1H3,(H,10,12)(H,11,13)/t5-,6+/m0/s1. The Balaban J connectivity index is 2.31. The fourth-order valence-corrected chi connectivity index (χ4v) is 1.59. The van der Waals surface area contributed by atoms with Crippen LogP contribution in [-0.2, 0) is 14.4 Å². The average molecular weight is 233 g/mol. The first-order chi connectivity index (χ1) is 7.15. The number of carbonyl (C=O) groups is 2. The van der Waals surface area contributed by atoms with E-state index in [9.17, 15) is 9.59 Å². The van der Waals surface area contributed by atoms with Gasteiger partial charge in [0.15, 0.2) is 0 Å². The van der Waals surface area contributed by atoms with Gasteiger partial charge in [-0.1, -0.05) is 0 Å². The van der Waals surface area contributed by atoms with Crippen molar-refractivity contribution in [2.45, 2.75) is 18.5 Å². The van der Waals surface area contributed by atoms with Crippen molar-refractivity contribution in [3.8, 4) is 0 Å². The number of thioether (sulfide) groups is 1. The highest BCUT2D eigenvalue weighted by Crippen LogP contribution is 2.00. The van der Waals surface area contributed by atoms with Crippen LogP contribution < -0.4 is 16.5 Å². The van der Waals surface area contributed by atoms with Crippen LogP contribution in [0, 0.1) is 0 Å². The zero-order valence-corrected chi connectivity index (χ0v) is 9.30. The second-order valence-electron chi connectivity index (χ2n) is 3.23. The van der Waals surface area contributed by atoms with Gasteiger partial charge < -0.3 is 11.1 Å². The third-order valence-electron chi connectivity index (χ3n) is 2.03. The molecule has 2 amide bonds. The SMILES string of the molecule is CSCC[C@H](N)C(=O)N[C@@H]1CONC1=O. The number of hydrogen-bond donors (Lipinski definition) is 3. The molecule has 0 unspecified atom stereocenters. The van der Waals surface area contributed by atoms with Crippen LogP contribution in [-0.4, -0.2) is 42.5 Å². The van der Waals surface area contributed by atoms with Gasteiger partial charge in [-0.05, 0) is 18.4 Å². The van der Waals surface area contributed by atoms with E-state index in [0.717, 1.165) is 5.75 Å². The van der Waals surface area contributed by atoms with Crippen LogP contribution >= 0.6 is 11.8 Å². The van der Waals surface area contributed by atoms with Gasteiger partial charge in [0.05, 0.1) is 6.04 Å². The van der Waals surface area contributed by atoms with Crippen LogP contribution in [0.1, 0.15) is 6.42 Å². The van der Waals surface area contributed by atoms with Crippen molar-refractivity contribution in [1.82, 2.24) is 10.8 Å². The van der Waals surface area contributed by atoms with E-state index in [1.165, 1.54) is 0 Å². The number of amides is 2. The minimum absolute atomic E-state index is 0.153. The summed E-state index contributed by atoms with van der Waals surface area (Å²) in [4.78, 5) is 27.2. The van der Waals surface area contributed by atoms with E-state index in [1.54, 1.807) is 11.8 Å². The minimum atomic E-state index is -0.613. The molecule has 4 N–H and O–H groups in total. The van der Waals surface area contributed by atoms with E-state index in [1.807, 2.05) is 6.26 Å². The van der Waals surface area contributed by atoms with Crippen LogP contribution in [0.25, 0.3) is 0 Å². The fourth-order valence-electron chi connectivity index (χ4n) is 1.10. The predicted octanol–water partition coefficient (Wildman–Crippen LogP) is -1.39. The molecule has 0 saturated carbocycles. The molecule has 1 rings (SSSR count). The molecule has 0 spiro atoms. The lowest BCUT2D eigenvalue weighted by Crippen LogP contribution is -2.49. The maximum absolute atomic E-state index is 11.5. The molecule has 0 aromatic heterocycles. The molecule has 0 radical (unpaired) electrons. The highest BCUT2D eigenvalue weighted by atomic mass is 32.2. The molecular formula is C8H15N3O3S. The molecule has 1 aliphatic rings. The van der Waals surface area contributed by atoms with E-state index in [0.29, 0.717) is 6.42 Å². The summed E-state index contributed by atoms with van der Waals surface area (Å²) in [7, 11) is 0. The van der Waals surface area contributed by atoms with E-state index >= 15 is 0 Å². The molecule has 0 aromatic carbocycles. The van der Waals surface area contributed by atoms with Crippen LogP contribution in [0.15, 0.2) is 0 Å². The van der Waals surface area contributed by atoms with Crippen LogP contribution in [0.3, 0.4) is 0 Å². The second-order valence-corrected chi connectivity index (χ2v) is 4.21. The molecule has 1 aliphatic heterocycles. The first-order valence-electron chi connectivity index (χ1n) is 4.61. The molecule has 0 aliphatic carbocycles. The highest BCUT2D eigenvalue weighted by Gasteiger charge is 2.28. The average Bonchev–Trinajstić information content (AvgIpc) is 2.61. The Labute approximate surface area is 92.2 Å². The van der Waals surface area contributed by atoms with Gasteiger partial charge in [-0.3, -0.25) is 14.4 Å². The summed E-state index contributed by atoms with van der Waals surface area (Å²) >= 11 is 1.63. The fraction of sp³-hybridized carbons (Fsp3) is 0.750. The van der Waals surface area contributed by atoms with Gasteiger partial charge in [-0.25, -0.2) is 5.48 Å². The van der Waals surface area contributed by atoms with E-state index in [-0.39, 0.29) is 18.4 Å². The van der Waals surface area contributed by atoms with Crippen molar-refractivity contribution in [3.05, 3.63) is 0 Å². The van der Waals surface area contributed by atoms with E-state index in [2.05, 4.69) is 15.6 Å². The summed E-state index contributed by atoms with van der Waals surface area (Å²) in [5.41, 5.74) is 7.79. The van der Waals surface area contributed by atoms with Gasteiger partial charge in [0, 0.05) is 0 Å². The molecule has 2 atom stereocenters. The van der Waals surface area contributed by atoms with Gasteiger partial charge in [0.25, 0.3) is 5.91 Å². The van der Waals surface area contributed by atoms with E-state index in [4.69, 9.17) is 5.73 Å². The predicted molar refractivity (Wildman–Crippen MR) is 57.0 cm³/mol. The Hall–Kier alpha value is -0.790. The molecule has 0 aromatic rings. The summed E-state index contributed by atoms with van der Waals surface area (Å²) in [5.74, 6) is 0.178. The third-order valence-corrected chi connectivity index (χ3v) is 2.67. The lowest BCUT2D eigenvalue weighted by molar-refractivity contribution is -0.129. The highest BCUT2D eigenvalue weighted by molar-refractivity contribution is 7.98. The largest absolute Gasteiger partial charge is 0.341 e. The summed E-state index contributed by atoms with van der Waals surface area (Å²) in [6.45, 7) is 0.153. The molecule has 15 heavy (non-hydrogen) atoms. The van der Waals surface area contributed by atoms with Crippen molar-refractivity contribution in [2.75, 3.05) is 18.6 Å². The molecule has 1 fully saturated rings. The number of nitrogens with one attached hydrogen (secondary N) is 2. The maximum atomic E-state index is 11.5. The Morgan fingerprint density at radius 3 is 3.13 bits per heavy atom. The van der Waals surface area contributed by atoms with Crippen molar-refractivity contribution < 1.29 is 14.4 Å². The summed E-state index contributed by atoms with van der Waals surface area (Å²) in [5, 5.41) is 2.53. The molecular weight excluding hydrogens is 218 g/mol. The molecule has 0 bridgehead atoms. The van der Waals surface area contributed by atoms with Gasteiger partial charge in [0.2, 0.25) is 5.91 Å². The zero-order valence-electron chi connectivity index (χ0n) is 8.49. The Morgan fingerprint density at radius 1 is 1.87 bits per heavy atom. The minimum Gasteiger partial charge on any atom is -0.341 e. The smallest absolute Gasteiger partial charge is 0.268 e. The topological polar surface area (TPSA) is 93.5 Å². The van der Waals surface area contributed by atoms with Crippen molar-refractivity contribution >= 4 is 23.6 Å². The monoisotopic (exact) mass is 233 g/mol. The number of rotatable bonds is 5. The summed E-state index contributed by atoms with van der Waals surface area (Å²) < 4.78 is 0. The molecule has 86 valence electrons. The Kier molecular flexibility index (Phi) is 4.86. The van der Waals surface area contributed by atoms with Crippen LogP contribution in [0.2, 0.25) is 0 Å². The van der Waals surface area contributed by atoms with E-state index < -0.39 is 12.1 Å². The first kappa shape index (κ1) is 12.3. The summed E-state index contributed by atoms with van der Waals surface area (Å²) in [6, 6.07) is -1.18. The molecule has 6 nitrogen and oxygen atoms in total. The Bertz CT molecular complexity index is 249. The normalized spacial score (nSPS) is 22.3. The Morgan fingerprint density at radius 2 is 2.60 bits per heavy atom. The van der Waals surface area contributed by atoms with Gasteiger partial charge in [-0.15, -0.1) is 0 Å². The summed E-state index contributed by atoms with van der Waals surface area (Å²) in [6.07, 6.45) is 2.55. The zero-order chi connectivity index (χ0) is 11.3. The number of hydrogen-bond acceptors (Lipinski definition) is 5. The third kappa shape index (κ3) is 3.69. The van der Waals surface area contributed by atoms with Gasteiger partial charge in [-0.2, -0.15) is 11.8 Å². The lowest BCUT2D eigenvalue weighted by Gasteiger charge is -2.13. The quantitative estimate of drug-likeness (QED) is 0.544. The molecule has 7 heteroatoms. The maximum Gasteiger partial charge on any atom is 0.268 e. The van der Waals surface area contributed by atoms with Crippen molar-refractivity contribution in [1.29, 1.82) is 0 Å². The van der Waals surface area contributed by atoms with Crippen molar-refractivity contribution in [3.63, 3.8) is 0 Å². The van der Waals surface area contributed by atoms with Crippen LogP contribution in [0.5, 0.6) is 0 Å². The first-order valence-corrected chi connectivity index (χ1v) is 6.01. The molecule has 1 saturated heterocycles. The van der Waals surface area contributed by atoms with Gasteiger partial charge in [0.1, 0.15) is 12.6 Å². The van der Waals surface area contributed by atoms with Crippen molar-refractivity contribution in [2.24, 2.45) is 5.73 Å². The molecule has 1 heterocycles.